The minimum Gasteiger partial charge on any atom is -0.434 e. The highest BCUT2D eigenvalue weighted by molar-refractivity contribution is 14.0. The maximum absolute atomic E-state index is 13.9. The quantitative estimate of drug-likeness (QED) is 0.318. The van der Waals surface area contributed by atoms with Crippen molar-refractivity contribution in [2.24, 2.45) is 4.99 Å². The van der Waals surface area contributed by atoms with Gasteiger partial charge in [-0.15, -0.1) is 35.3 Å². The van der Waals surface area contributed by atoms with E-state index in [1.807, 2.05) is 6.20 Å². The van der Waals surface area contributed by atoms with Gasteiger partial charge in [-0.25, -0.2) is 9.37 Å². The minimum absolute atomic E-state index is 0. The van der Waals surface area contributed by atoms with E-state index in [9.17, 15) is 13.2 Å². The molecule has 1 heterocycles. The van der Waals surface area contributed by atoms with Crippen molar-refractivity contribution in [1.82, 2.24) is 15.6 Å². The third kappa shape index (κ3) is 7.53. The van der Waals surface area contributed by atoms with Gasteiger partial charge in [-0.2, -0.15) is 8.78 Å². The van der Waals surface area contributed by atoms with Gasteiger partial charge in [0.25, 0.3) is 0 Å². The summed E-state index contributed by atoms with van der Waals surface area (Å²) in [5, 5.41) is 7.01. The Kier molecular flexibility index (Phi) is 10.4. The molecule has 1 aromatic carbocycles. The van der Waals surface area contributed by atoms with Gasteiger partial charge in [0, 0.05) is 43.2 Å². The number of nitrogens with one attached hydrogen (secondary N) is 2. The summed E-state index contributed by atoms with van der Waals surface area (Å²) >= 11 is 1.66. The van der Waals surface area contributed by atoms with Gasteiger partial charge >= 0.3 is 6.61 Å². The molecule has 27 heavy (non-hydrogen) atoms. The average molecular weight is 514 g/mol. The largest absolute Gasteiger partial charge is 0.434 e. The number of aliphatic imine (C=N–C) groups is 1. The molecule has 0 aliphatic rings. The fraction of sp³-hybridized carbons (Fsp3) is 0.412. The summed E-state index contributed by atoms with van der Waals surface area (Å²) in [6.07, 6.45) is 3.56. The fourth-order valence-electron chi connectivity index (χ4n) is 2.22. The Bertz CT molecular complexity index is 743. The van der Waals surface area contributed by atoms with Gasteiger partial charge in [0.1, 0.15) is 11.6 Å². The average Bonchev–Trinajstić information content (AvgIpc) is 3.07. The van der Waals surface area contributed by atoms with E-state index in [4.69, 9.17) is 0 Å². The van der Waals surface area contributed by atoms with Gasteiger partial charge in [-0.05, 0) is 18.6 Å². The van der Waals surface area contributed by atoms with Crippen molar-refractivity contribution in [3.63, 3.8) is 0 Å². The van der Waals surface area contributed by atoms with Crippen molar-refractivity contribution in [3.05, 3.63) is 45.7 Å². The lowest BCUT2D eigenvalue weighted by atomic mass is 10.2. The number of hydrogen-bond acceptors (Lipinski definition) is 4. The van der Waals surface area contributed by atoms with Crippen molar-refractivity contribution < 1.29 is 17.9 Å². The first-order chi connectivity index (χ1) is 12.5. The van der Waals surface area contributed by atoms with E-state index in [0.29, 0.717) is 12.5 Å². The number of hydrogen-bond donors (Lipinski definition) is 2. The molecule has 0 amide bonds. The molecule has 0 spiro atoms. The summed E-state index contributed by atoms with van der Waals surface area (Å²) in [6.45, 7) is -0.380. The predicted octanol–water partition coefficient (Wildman–Crippen LogP) is 3.97. The summed E-state index contributed by atoms with van der Waals surface area (Å²) in [6, 6.07) is 3.82. The maximum atomic E-state index is 13.9. The normalized spacial score (nSPS) is 11.3. The molecule has 150 valence electrons. The van der Waals surface area contributed by atoms with E-state index >= 15 is 0 Å². The highest BCUT2D eigenvalue weighted by Gasteiger charge is 2.14. The first kappa shape index (κ1) is 23.5. The van der Waals surface area contributed by atoms with Crippen molar-refractivity contribution >= 4 is 41.3 Å². The minimum atomic E-state index is -3.01. The third-order valence-electron chi connectivity index (χ3n) is 3.53. The first-order valence-electron chi connectivity index (χ1n) is 8.13. The second-order valence-electron chi connectivity index (χ2n) is 5.27. The monoisotopic (exact) mass is 514 g/mol. The van der Waals surface area contributed by atoms with E-state index in [1.54, 1.807) is 18.4 Å². The number of guanidine groups is 1. The molecule has 0 saturated carbocycles. The molecule has 1 aromatic heterocycles. The maximum Gasteiger partial charge on any atom is 0.387 e. The number of rotatable bonds is 8. The van der Waals surface area contributed by atoms with Crippen LogP contribution < -0.4 is 15.4 Å². The fourth-order valence-corrected chi connectivity index (χ4v) is 3.09. The van der Waals surface area contributed by atoms with Crippen LogP contribution in [-0.2, 0) is 19.4 Å². The van der Waals surface area contributed by atoms with E-state index in [-0.39, 0.29) is 41.8 Å². The molecule has 0 bridgehead atoms. The molecule has 2 aromatic rings. The molecule has 5 nitrogen and oxygen atoms in total. The Morgan fingerprint density at radius 3 is 2.74 bits per heavy atom. The zero-order valence-electron chi connectivity index (χ0n) is 15.0. The number of halogens is 4. The smallest absolute Gasteiger partial charge is 0.387 e. The van der Waals surface area contributed by atoms with Crippen LogP contribution in [-0.4, -0.2) is 31.1 Å². The Morgan fingerprint density at radius 2 is 2.11 bits per heavy atom. The number of benzene rings is 1. The van der Waals surface area contributed by atoms with Gasteiger partial charge in [0.2, 0.25) is 0 Å². The first-order valence-corrected chi connectivity index (χ1v) is 8.95. The lowest BCUT2D eigenvalue weighted by molar-refractivity contribution is -0.0506. The lowest BCUT2D eigenvalue weighted by Crippen LogP contribution is -2.38. The number of thiazole rings is 1. The van der Waals surface area contributed by atoms with Gasteiger partial charge in [0.15, 0.2) is 5.96 Å². The molecular formula is C17H22F3IN4OS. The molecule has 0 aliphatic carbocycles. The van der Waals surface area contributed by atoms with Crippen LogP contribution in [0.4, 0.5) is 13.2 Å². The molecule has 0 unspecified atom stereocenters. The van der Waals surface area contributed by atoms with Gasteiger partial charge in [-0.3, -0.25) is 4.99 Å². The Labute approximate surface area is 177 Å². The molecule has 2 rings (SSSR count). The summed E-state index contributed by atoms with van der Waals surface area (Å²) in [7, 11) is 1.58. The van der Waals surface area contributed by atoms with Crippen LogP contribution in [0.1, 0.15) is 22.4 Å². The van der Waals surface area contributed by atoms with E-state index in [0.717, 1.165) is 17.8 Å². The van der Waals surface area contributed by atoms with Crippen LogP contribution >= 0.6 is 35.3 Å². The predicted molar refractivity (Wildman–Crippen MR) is 112 cm³/mol. The molecule has 2 N–H and O–H groups in total. The second-order valence-corrected chi connectivity index (χ2v) is 6.47. The topological polar surface area (TPSA) is 58.5 Å². The van der Waals surface area contributed by atoms with Crippen LogP contribution in [0.5, 0.6) is 5.75 Å². The van der Waals surface area contributed by atoms with Crippen LogP contribution in [0.2, 0.25) is 0 Å². The molecule has 0 saturated heterocycles. The molecule has 0 aliphatic heterocycles. The Morgan fingerprint density at radius 1 is 1.33 bits per heavy atom. The zero-order valence-corrected chi connectivity index (χ0v) is 18.1. The van der Waals surface area contributed by atoms with Gasteiger partial charge in [0.05, 0.1) is 5.01 Å². The third-order valence-corrected chi connectivity index (χ3v) is 4.73. The Balaban J connectivity index is 0.00000364. The lowest BCUT2D eigenvalue weighted by Gasteiger charge is -2.15. The summed E-state index contributed by atoms with van der Waals surface area (Å²) in [5.41, 5.74) is 0.0169. The van der Waals surface area contributed by atoms with Crippen molar-refractivity contribution in [3.8, 4) is 5.75 Å². The number of ether oxygens (including phenoxy) is 1. The zero-order chi connectivity index (χ0) is 18.9. The highest BCUT2D eigenvalue weighted by Crippen LogP contribution is 2.23. The summed E-state index contributed by atoms with van der Waals surface area (Å²) in [5.74, 6) is -0.387. The van der Waals surface area contributed by atoms with Crippen LogP contribution in [0.25, 0.3) is 0 Å². The van der Waals surface area contributed by atoms with Gasteiger partial charge < -0.3 is 15.4 Å². The summed E-state index contributed by atoms with van der Waals surface area (Å²) < 4.78 is 43.2. The van der Waals surface area contributed by atoms with Crippen molar-refractivity contribution in [2.75, 3.05) is 13.6 Å². The highest BCUT2D eigenvalue weighted by atomic mass is 127. The molecule has 0 radical (unpaired) electrons. The standard InChI is InChI=1S/C17H21F3N4OS.HI/c1-3-11-9-23-15(26-11)7-8-22-17(21-2)24-10-12-13(18)5-4-6-14(12)25-16(19)20;/h4-6,9,16H,3,7-8,10H2,1-2H3,(H2,21,22,24);1H. The van der Waals surface area contributed by atoms with E-state index < -0.39 is 12.4 Å². The summed E-state index contributed by atoms with van der Waals surface area (Å²) in [4.78, 5) is 9.61. The van der Waals surface area contributed by atoms with Crippen molar-refractivity contribution in [1.29, 1.82) is 0 Å². The number of nitrogens with zero attached hydrogens (tertiary/aromatic N) is 2. The molecule has 10 heteroatoms. The number of aromatic nitrogens is 1. The van der Waals surface area contributed by atoms with Crippen LogP contribution in [0.3, 0.4) is 0 Å². The molecule has 0 atom stereocenters. The van der Waals surface area contributed by atoms with Crippen molar-refractivity contribution in [2.45, 2.75) is 32.9 Å². The van der Waals surface area contributed by atoms with Crippen LogP contribution in [0, 0.1) is 5.82 Å². The van der Waals surface area contributed by atoms with Crippen LogP contribution in [0.15, 0.2) is 29.4 Å². The Hall–Kier alpha value is -1.56. The molecular weight excluding hydrogens is 492 g/mol. The number of aryl methyl sites for hydroxylation is 1. The number of alkyl halides is 2. The van der Waals surface area contributed by atoms with E-state index in [1.165, 1.54) is 23.1 Å². The SMILES string of the molecule is CCc1cnc(CCNC(=NC)NCc2c(F)cccc2OC(F)F)s1.I. The van der Waals surface area contributed by atoms with Gasteiger partial charge in [-0.1, -0.05) is 13.0 Å². The second kappa shape index (κ2) is 12.0. The van der Waals surface area contributed by atoms with E-state index in [2.05, 4.69) is 32.3 Å². The molecule has 0 fully saturated rings.